The molecule has 12 heavy (non-hydrogen) atoms. The Hall–Kier alpha value is -0.550. The topological polar surface area (TPSA) is 3.24 Å². The van der Waals surface area contributed by atoms with Crippen LogP contribution < -0.4 is 4.67 Å². The van der Waals surface area contributed by atoms with E-state index in [4.69, 9.17) is 0 Å². The zero-order chi connectivity index (χ0) is 8.55. The fourth-order valence-electron chi connectivity index (χ4n) is 1.71. The third-order valence-electron chi connectivity index (χ3n) is 2.40. The SMILES string of the molecule is Cc1ccc2c(c1)N(P)CCC2. The van der Waals surface area contributed by atoms with E-state index in [0.29, 0.717) is 0 Å². The number of benzene rings is 1. The van der Waals surface area contributed by atoms with Gasteiger partial charge in [0.2, 0.25) is 0 Å². The van der Waals surface area contributed by atoms with Gasteiger partial charge in [0.1, 0.15) is 0 Å². The van der Waals surface area contributed by atoms with Gasteiger partial charge in [-0.05, 0) is 46.3 Å². The van der Waals surface area contributed by atoms with E-state index < -0.39 is 0 Å². The average Bonchev–Trinajstić information content (AvgIpc) is 2.07. The molecule has 0 N–H and O–H groups in total. The third kappa shape index (κ3) is 1.34. The molecule has 0 radical (unpaired) electrons. The molecule has 1 aromatic rings. The Morgan fingerprint density at radius 1 is 1.42 bits per heavy atom. The second-order valence-electron chi connectivity index (χ2n) is 3.43. The minimum atomic E-state index is 1.17. The van der Waals surface area contributed by atoms with Gasteiger partial charge in [0.25, 0.3) is 0 Å². The lowest BCUT2D eigenvalue weighted by atomic mass is 10.0. The van der Waals surface area contributed by atoms with Crippen LogP contribution in [-0.2, 0) is 6.42 Å². The van der Waals surface area contributed by atoms with E-state index >= 15 is 0 Å². The molecular weight excluding hydrogens is 165 g/mol. The van der Waals surface area contributed by atoms with Crippen LogP contribution in [0.3, 0.4) is 0 Å². The van der Waals surface area contributed by atoms with Gasteiger partial charge in [-0.3, -0.25) is 0 Å². The van der Waals surface area contributed by atoms with Crippen molar-refractivity contribution in [1.82, 2.24) is 0 Å². The highest BCUT2D eigenvalue weighted by atomic mass is 31.0. The number of nitrogens with zero attached hydrogens (tertiary/aromatic N) is 1. The first-order valence-electron chi connectivity index (χ1n) is 4.39. The van der Waals surface area contributed by atoms with E-state index in [9.17, 15) is 0 Å². The minimum absolute atomic E-state index is 1.17. The quantitative estimate of drug-likeness (QED) is 0.553. The maximum atomic E-state index is 2.79. The molecule has 0 aliphatic carbocycles. The highest BCUT2D eigenvalue weighted by molar-refractivity contribution is 7.19. The van der Waals surface area contributed by atoms with Crippen molar-refractivity contribution in [2.24, 2.45) is 0 Å². The Kier molecular flexibility index (Phi) is 2.06. The number of rotatable bonds is 0. The van der Waals surface area contributed by atoms with Crippen LogP contribution in [0, 0.1) is 6.92 Å². The van der Waals surface area contributed by atoms with Crippen LogP contribution in [0.2, 0.25) is 0 Å². The molecular formula is C10H14NP. The highest BCUT2D eigenvalue weighted by Crippen LogP contribution is 2.29. The molecule has 0 aromatic heterocycles. The summed E-state index contributed by atoms with van der Waals surface area (Å²) in [6.45, 7) is 3.31. The minimum Gasteiger partial charge on any atom is -0.356 e. The van der Waals surface area contributed by atoms with Gasteiger partial charge in [-0.25, -0.2) is 0 Å². The van der Waals surface area contributed by atoms with E-state index in [1.807, 2.05) is 0 Å². The Morgan fingerprint density at radius 3 is 3.08 bits per heavy atom. The first kappa shape index (κ1) is 8.07. The summed E-state index contributed by atoms with van der Waals surface area (Å²) in [5.74, 6) is 0. The van der Waals surface area contributed by atoms with E-state index in [1.54, 1.807) is 0 Å². The maximum Gasteiger partial charge on any atom is 0.0430 e. The first-order valence-corrected chi connectivity index (χ1v) is 4.91. The van der Waals surface area contributed by atoms with E-state index in [2.05, 4.69) is 39.2 Å². The van der Waals surface area contributed by atoms with Crippen molar-refractivity contribution < 1.29 is 0 Å². The smallest absolute Gasteiger partial charge is 0.0430 e. The van der Waals surface area contributed by atoms with Crippen LogP contribution in [0.25, 0.3) is 0 Å². The van der Waals surface area contributed by atoms with Crippen molar-refractivity contribution in [3.63, 3.8) is 0 Å². The van der Waals surface area contributed by atoms with Crippen molar-refractivity contribution >= 4 is 15.1 Å². The third-order valence-corrected chi connectivity index (χ3v) is 2.93. The normalized spacial score (nSPS) is 16.0. The van der Waals surface area contributed by atoms with E-state index in [0.717, 1.165) is 0 Å². The maximum absolute atomic E-state index is 2.79. The molecule has 0 saturated heterocycles. The summed E-state index contributed by atoms with van der Waals surface area (Å²) in [7, 11) is 2.79. The highest BCUT2D eigenvalue weighted by Gasteiger charge is 2.12. The van der Waals surface area contributed by atoms with Crippen molar-refractivity contribution in [3.8, 4) is 0 Å². The molecule has 0 bridgehead atoms. The Labute approximate surface area is 76.0 Å². The number of hydrogen-bond donors (Lipinski definition) is 0. The molecule has 1 aliphatic rings. The van der Waals surface area contributed by atoms with Crippen LogP contribution in [0.4, 0.5) is 5.69 Å². The molecule has 64 valence electrons. The lowest BCUT2D eigenvalue weighted by molar-refractivity contribution is 0.795. The average molecular weight is 179 g/mol. The van der Waals surface area contributed by atoms with Crippen LogP contribution in [0.1, 0.15) is 17.5 Å². The molecule has 1 aliphatic heterocycles. The predicted molar refractivity (Wildman–Crippen MR) is 56.6 cm³/mol. The van der Waals surface area contributed by atoms with Crippen molar-refractivity contribution in [2.75, 3.05) is 11.2 Å². The van der Waals surface area contributed by atoms with Crippen LogP contribution in [0.5, 0.6) is 0 Å². The molecule has 1 atom stereocenters. The summed E-state index contributed by atoms with van der Waals surface area (Å²) >= 11 is 0. The molecule has 1 nitrogen and oxygen atoms in total. The van der Waals surface area contributed by atoms with Gasteiger partial charge in [-0.15, -0.1) is 0 Å². The molecule has 2 rings (SSSR count). The van der Waals surface area contributed by atoms with Crippen molar-refractivity contribution in [2.45, 2.75) is 19.8 Å². The molecule has 0 amide bonds. The zero-order valence-corrected chi connectivity index (χ0v) is 8.53. The Bertz CT molecular complexity index is 296. The summed E-state index contributed by atoms with van der Waals surface area (Å²) in [6.07, 6.45) is 2.51. The number of anilines is 1. The van der Waals surface area contributed by atoms with Crippen LogP contribution >= 0.6 is 9.39 Å². The molecule has 0 fully saturated rings. The second kappa shape index (κ2) is 3.06. The number of hydrogen-bond acceptors (Lipinski definition) is 1. The molecule has 0 spiro atoms. The van der Waals surface area contributed by atoms with Gasteiger partial charge < -0.3 is 4.67 Å². The van der Waals surface area contributed by atoms with Gasteiger partial charge >= 0.3 is 0 Å². The number of fused-ring (bicyclic) bond motifs is 1. The van der Waals surface area contributed by atoms with Crippen molar-refractivity contribution in [1.29, 1.82) is 0 Å². The fraction of sp³-hybridized carbons (Fsp3) is 0.400. The Balaban J connectivity index is 2.47. The molecule has 1 heterocycles. The predicted octanol–water partition coefficient (Wildman–Crippen LogP) is 2.54. The lowest BCUT2D eigenvalue weighted by Gasteiger charge is -2.27. The molecule has 0 saturated carbocycles. The fourth-order valence-corrected chi connectivity index (χ4v) is 2.14. The zero-order valence-electron chi connectivity index (χ0n) is 7.38. The molecule has 1 aromatic carbocycles. The summed E-state index contributed by atoms with van der Waals surface area (Å²) in [5, 5.41) is 0. The summed E-state index contributed by atoms with van der Waals surface area (Å²) in [5.41, 5.74) is 4.23. The second-order valence-corrected chi connectivity index (χ2v) is 4.05. The van der Waals surface area contributed by atoms with Gasteiger partial charge in [0, 0.05) is 12.2 Å². The number of aryl methyl sites for hydroxylation is 2. The van der Waals surface area contributed by atoms with Gasteiger partial charge in [-0.1, -0.05) is 12.1 Å². The first-order chi connectivity index (χ1) is 5.77. The molecule has 1 unspecified atom stereocenters. The largest absolute Gasteiger partial charge is 0.356 e. The van der Waals surface area contributed by atoms with E-state index in [-0.39, 0.29) is 0 Å². The Morgan fingerprint density at radius 2 is 2.25 bits per heavy atom. The van der Waals surface area contributed by atoms with Crippen LogP contribution in [-0.4, -0.2) is 6.54 Å². The lowest BCUT2D eigenvalue weighted by Crippen LogP contribution is -2.18. The van der Waals surface area contributed by atoms with Gasteiger partial charge in [0.05, 0.1) is 0 Å². The summed E-state index contributed by atoms with van der Waals surface area (Å²) in [6, 6.07) is 6.71. The van der Waals surface area contributed by atoms with Gasteiger partial charge in [-0.2, -0.15) is 0 Å². The van der Waals surface area contributed by atoms with Gasteiger partial charge in [0.15, 0.2) is 0 Å². The monoisotopic (exact) mass is 179 g/mol. The standard InChI is InChI=1S/C10H14NP/c1-8-4-5-9-3-2-6-11(12)10(9)7-8/h4-5,7H,2-3,6,12H2,1H3. The van der Waals surface area contributed by atoms with E-state index in [1.165, 1.54) is 36.2 Å². The summed E-state index contributed by atoms with van der Waals surface area (Å²) in [4.78, 5) is 0. The van der Waals surface area contributed by atoms with Crippen molar-refractivity contribution in [3.05, 3.63) is 29.3 Å². The summed E-state index contributed by atoms with van der Waals surface area (Å²) < 4.78 is 2.27. The van der Waals surface area contributed by atoms with Crippen LogP contribution in [0.15, 0.2) is 18.2 Å². The molecule has 2 heteroatoms.